The van der Waals surface area contributed by atoms with Crippen molar-refractivity contribution in [3.05, 3.63) is 29.3 Å². The molecular formula is C12H16F5NOSiZn. The van der Waals surface area contributed by atoms with Crippen LogP contribution in [0.15, 0.2) is 6.07 Å². The van der Waals surface area contributed by atoms with Crippen molar-refractivity contribution in [2.75, 3.05) is 3.86 Å². The van der Waals surface area contributed by atoms with E-state index in [0.717, 1.165) is 18.1 Å². The number of nitrogens with zero attached hydrogens (tertiary/aromatic N) is 1. The van der Waals surface area contributed by atoms with Gasteiger partial charge in [0, 0.05) is 0 Å². The van der Waals surface area contributed by atoms with Crippen molar-refractivity contribution in [3.63, 3.8) is 0 Å². The van der Waals surface area contributed by atoms with E-state index in [1.807, 2.05) is 20.8 Å². The molecule has 0 aliphatic heterocycles. The molecule has 0 unspecified atom stereocenters. The van der Waals surface area contributed by atoms with Crippen LogP contribution in [0.5, 0.6) is 0 Å². The Morgan fingerprint density at radius 3 is 2.00 bits per heavy atom. The molecule has 116 valence electrons. The molecule has 0 aliphatic carbocycles. The maximum absolute atomic E-state index is 13.9. The molecular weight excluding hydrogens is 363 g/mol. The summed E-state index contributed by atoms with van der Waals surface area (Å²) in [5.41, 5.74) is -0.933. The van der Waals surface area contributed by atoms with Crippen molar-refractivity contribution >= 4 is 14.0 Å². The summed E-state index contributed by atoms with van der Waals surface area (Å²) in [6.07, 6.45) is 0. The van der Waals surface area contributed by atoms with E-state index in [9.17, 15) is 22.0 Å². The summed E-state index contributed by atoms with van der Waals surface area (Å²) in [4.78, 5) is 0. The van der Waals surface area contributed by atoms with E-state index in [2.05, 4.69) is 0 Å². The third kappa shape index (κ3) is 4.02. The molecule has 0 spiro atoms. The molecule has 2 nitrogen and oxygen atoms in total. The molecule has 0 saturated carbocycles. The fourth-order valence-corrected chi connectivity index (χ4v) is 11.6. The third-order valence-corrected chi connectivity index (χ3v) is 14.2. The van der Waals surface area contributed by atoms with Gasteiger partial charge in [0.15, 0.2) is 0 Å². The van der Waals surface area contributed by atoms with Gasteiger partial charge in [0.05, 0.1) is 0 Å². The van der Waals surface area contributed by atoms with Crippen LogP contribution in [0.4, 0.5) is 27.7 Å². The van der Waals surface area contributed by atoms with Crippen LogP contribution in [0.1, 0.15) is 20.8 Å². The normalized spacial score (nSPS) is 11.4. The number of rotatable bonds is 7. The monoisotopic (exact) mass is 377 g/mol. The molecule has 1 rings (SSSR count). The van der Waals surface area contributed by atoms with E-state index in [0.29, 0.717) is 6.07 Å². The quantitative estimate of drug-likeness (QED) is 0.221. The molecule has 0 aliphatic rings. The van der Waals surface area contributed by atoms with E-state index >= 15 is 0 Å². The number of hydrogen-bond donors (Lipinski definition) is 0. The van der Waals surface area contributed by atoms with E-state index < -0.39 is 55.0 Å². The second kappa shape index (κ2) is 7.65. The van der Waals surface area contributed by atoms with Gasteiger partial charge in [-0.15, -0.1) is 0 Å². The molecule has 0 aromatic heterocycles. The van der Waals surface area contributed by atoms with Gasteiger partial charge in [-0.2, -0.15) is 0 Å². The van der Waals surface area contributed by atoms with Crippen LogP contribution in [0, 0.1) is 23.3 Å². The molecule has 0 heterocycles. The van der Waals surface area contributed by atoms with Gasteiger partial charge in [0.1, 0.15) is 0 Å². The number of hydrogen-bond acceptors (Lipinski definition) is 2. The molecule has 21 heavy (non-hydrogen) atoms. The first-order valence-corrected chi connectivity index (χ1v) is 11.8. The maximum atomic E-state index is 13.9. The summed E-state index contributed by atoms with van der Waals surface area (Å²) in [7, 11) is -2.05. The number of benzene rings is 1. The Kier molecular flexibility index (Phi) is 6.74. The first-order chi connectivity index (χ1) is 9.81. The molecule has 0 amide bonds. The van der Waals surface area contributed by atoms with Crippen LogP contribution in [-0.4, -0.2) is 8.32 Å². The van der Waals surface area contributed by atoms with Crippen LogP contribution in [-0.2, 0) is 21.0 Å². The molecule has 0 atom stereocenters. The van der Waals surface area contributed by atoms with E-state index in [4.69, 9.17) is 3.25 Å². The van der Waals surface area contributed by atoms with Crippen LogP contribution >= 0.6 is 0 Å². The molecule has 0 saturated heterocycles. The zero-order valence-corrected chi connectivity index (χ0v) is 16.1. The average molecular weight is 379 g/mol. The Labute approximate surface area is 129 Å². The summed E-state index contributed by atoms with van der Waals surface area (Å²) >= 11 is -2.52. The molecule has 1 aromatic rings. The first-order valence-electron chi connectivity index (χ1n) is 6.72. The average Bonchev–Trinajstić information content (AvgIpc) is 2.50. The van der Waals surface area contributed by atoms with E-state index in [-0.39, 0.29) is 3.86 Å². The minimum absolute atomic E-state index is 0.0589. The Morgan fingerprint density at radius 2 is 1.52 bits per heavy atom. The zero-order chi connectivity index (χ0) is 16.2. The van der Waals surface area contributed by atoms with Crippen LogP contribution in [0.25, 0.3) is 0 Å². The molecule has 1 aromatic carbocycles. The van der Waals surface area contributed by atoms with Crippen molar-refractivity contribution < 1.29 is 43.0 Å². The van der Waals surface area contributed by atoms with Crippen LogP contribution in [0.2, 0.25) is 18.1 Å². The van der Waals surface area contributed by atoms with Crippen molar-refractivity contribution in [3.8, 4) is 0 Å². The van der Waals surface area contributed by atoms with Gasteiger partial charge in [-0.05, 0) is 0 Å². The Morgan fingerprint density at radius 1 is 1.00 bits per heavy atom. The summed E-state index contributed by atoms with van der Waals surface area (Å²) in [5, 5.41) is 0. The minimum atomic E-state index is -2.52. The number of halogens is 5. The molecule has 0 N–H and O–H groups in total. The fourth-order valence-electron chi connectivity index (χ4n) is 2.06. The van der Waals surface area contributed by atoms with E-state index in [1.54, 1.807) is 0 Å². The molecule has 9 heteroatoms. The standard InChI is InChI=1S/C6HF5N.C6H15OSi.Zn/c7-2-1-3(12-11)5(9)6(10)4(2)8;1-4-8(7,5-2)6-3;/h1H;4-6H2,1-3H3;/q2*-1;+2. The van der Waals surface area contributed by atoms with Gasteiger partial charge >= 0.3 is 129 Å². The first kappa shape index (κ1) is 18.5. The van der Waals surface area contributed by atoms with Crippen LogP contribution < -0.4 is 3.86 Å². The van der Waals surface area contributed by atoms with Crippen molar-refractivity contribution in [1.29, 1.82) is 0 Å². The zero-order valence-electron chi connectivity index (χ0n) is 12.2. The second-order valence-electron chi connectivity index (χ2n) is 4.70. The predicted octanol–water partition coefficient (Wildman–Crippen LogP) is 4.87. The Hall–Kier alpha value is -0.530. The van der Waals surface area contributed by atoms with Crippen molar-refractivity contribution in [2.24, 2.45) is 0 Å². The van der Waals surface area contributed by atoms with Gasteiger partial charge < -0.3 is 0 Å². The summed E-state index contributed by atoms with van der Waals surface area (Å²) < 4.78 is 72.1. The van der Waals surface area contributed by atoms with Gasteiger partial charge in [-0.25, -0.2) is 0 Å². The SMILES string of the molecule is CC[Si](CC)(CC)[O][Zn][N](F)c1cc(F)c(F)c(F)c1F. The molecule has 0 fully saturated rings. The second-order valence-corrected chi connectivity index (χ2v) is 13.0. The van der Waals surface area contributed by atoms with Gasteiger partial charge in [0.25, 0.3) is 0 Å². The topological polar surface area (TPSA) is 12.5 Å². The molecule has 0 radical (unpaired) electrons. The summed E-state index contributed by atoms with van der Waals surface area (Å²) in [5.74, 6) is -7.32. The predicted molar refractivity (Wildman–Crippen MR) is 68.1 cm³/mol. The van der Waals surface area contributed by atoms with E-state index in [1.165, 1.54) is 0 Å². The Balaban J connectivity index is 2.93. The van der Waals surface area contributed by atoms with Crippen molar-refractivity contribution in [2.45, 2.75) is 38.9 Å². The van der Waals surface area contributed by atoms with Crippen molar-refractivity contribution in [1.82, 2.24) is 0 Å². The summed E-state index contributed by atoms with van der Waals surface area (Å²) in [6.45, 7) is 5.84. The van der Waals surface area contributed by atoms with Gasteiger partial charge in [-0.3, -0.25) is 0 Å². The van der Waals surface area contributed by atoms with Gasteiger partial charge in [0.2, 0.25) is 0 Å². The third-order valence-electron chi connectivity index (χ3n) is 3.76. The number of anilines is 1. The fraction of sp³-hybridized carbons (Fsp3) is 0.500. The Bertz CT molecular complexity index is 493. The van der Waals surface area contributed by atoms with Crippen LogP contribution in [0.3, 0.4) is 0 Å². The molecule has 0 bridgehead atoms. The van der Waals surface area contributed by atoms with Gasteiger partial charge in [-0.1, -0.05) is 0 Å². The summed E-state index contributed by atoms with van der Waals surface area (Å²) in [6, 6.07) is 2.67.